The van der Waals surface area contributed by atoms with Crippen LogP contribution in [0.1, 0.15) is 6.42 Å². The minimum Gasteiger partial charge on any atom is -0.497 e. The lowest BCUT2D eigenvalue weighted by Gasteiger charge is -2.29. The fourth-order valence-electron chi connectivity index (χ4n) is 2.67. The van der Waals surface area contributed by atoms with Crippen molar-refractivity contribution < 1.29 is 32.2 Å². The summed E-state index contributed by atoms with van der Waals surface area (Å²) in [5.41, 5.74) is -2.78. The highest BCUT2D eigenvalue weighted by molar-refractivity contribution is 7.99. The molecule has 1 N–H and O–H groups in total. The predicted octanol–water partition coefficient (Wildman–Crippen LogP) is 3.05. The minimum atomic E-state index is -3.47. The Hall–Kier alpha value is -2.73. The van der Waals surface area contributed by atoms with Crippen molar-refractivity contribution in [2.75, 3.05) is 12.9 Å². The van der Waals surface area contributed by atoms with Gasteiger partial charge < -0.3 is 9.84 Å². The van der Waals surface area contributed by atoms with E-state index in [4.69, 9.17) is 4.74 Å². The molecule has 1 aliphatic rings. The molecule has 7 nitrogen and oxygen atoms in total. The number of thioether (sulfide) groups is 1. The summed E-state index contributed by atoms with van der Waals surface area (Å²) >= 11 is 0.803. The van der Waals surface area contributed by atoms with Crippen molar-refractivity contribution in [1.29, 1.82) is 0 Å². The van der Waals surface area contributed by atoms with Crippen LogP contribution in [0.3, 0.4) is 0 Å². The number of methoxy groups -OCH3 is 1. The number of amides is 1. The number of aliphatic hydroxyl groups is 1. The molecule has 0 fully saturated rings. The number of halogens is 4. The number of benzene rings is 1. The fraction of sp³-hybridized carbons (Fsp3) is 0.333. The summed E-state index contributed by atoms with van der Waals surface area (Å²) in [6.07, 6.45) is -6.30. The van der Waals surface area contributed by atoms with Gasteiger partial charge in [0.25, 0.3) is 18.8 Å². The molecule has 12 heteroatoms. The average molecular weight is 444 g/mol. The third-order valence-electron chi connectivity index (χ3n) is 4.22. The Bertz CT molecular complexity index is 945. The molecular formula is C18H16F4N4O3S. The van der Waals surface area contributed by atoms with E-state index in [1.165, 1.54) is 13.3 Å². The Morgan fingerprint density at radius 3 is 2.57 bits per heavy atom. The number of aromatic nitrogens is 2. The number of hydrogen-bond donors (Lipinski definition) is 1. The Balaban J connectivity index is 1.72. The van der Waals surface area contributed by atoms with Gasteiger partial charge in [-0.3, -0.25) is 4.79 Å². The summed E-state index contributed by atoms with van der Waals surface area (Å²) in [6.45, 7) is 0. The summed E-state index contributed by atoms with van der Waals surface area (Å²) < 4.78 is 57.2. The summed E-state index contributed by atoms with van der Waals surface area (Å²) in [4.78, 5) is 20.6. The highest BCUT2D eigenvalue weighted by atomic mass is 32.2. The van der Waals surface area contributed by atoms with Crippen LogP contribution < -0.4 is 4.74 Å². The molecule has 0 radical (unpaired) electrons. The van der Waals surface area contributed by atoms with Crippen molar-refractivity contribution in [2.24, 2.45) is 5.10 Å². The lowest BCUT2D eigenvalue weighted by molar-refractivity contribution is -0.190. The van der Waals surface area contributed by atoms with E-state index in [9.17, 15) is 27.5 Å². The molecule has 160 valence electrons. The van der Waals surface area contributed by atoms with Crippen LogP contribution in [-0.4, -0.2) is 63.1 Å². The predicted molar refractivity (Wildman–Crippen MR) is 101 cm³/mol. The molecule has 1 aliphatic heterocycles. The maximum Gasteiger partial charge on any atom is 0.287 e. The van der Waals surface area contributed by atoms with Gasteiger partial charge in [-0.25, -0.2) is 27.5 Å². The molecule has 1 aromatic heterocycles. The first-order valence-corrected chi connectivity index (χ1v) is 9.52. The van der Waals surface area contributed by atoms with Crippen LogP contribution in [0.25, 0.3) is 11.3 Å². The van der Waals surface area contributed by atoms with Crippen LogP contribution >= 0.6 is 11.8 Å². The maximum atomic E-state index is 13.2. The monoisotopic (exact) mass is 444 g/mol. The SMILES string of the molecule is COc1ccc(-c2ccnc(SCC(=O)N3N=C(C(F)F)C[C@@]3(O)C(F)F)n2)cc1. The summed E-state index contributed by atoms with van der Waals surface area (Å²) in [5.74, 6) is -0.896. The van der Waals surface area contributed by atoms with Crippen LogP contribution in [-0.2, 0) is 4.79 Å². The molecule has 0 bridgehead atoms. The number of hydrazone groups is 1. The van der Waals surface area contributed by atoms with E-state index in [0.29, 0.717) is 11.4 Å². The Morgan fingerprint density at radius 2 is 1.97 bits per heavy atom. The lowest BCUT2D eigenvalue weighted by atomic mass is 10.1. The lowest BCUT2D eigenvalue weighted by Crippen LogP contribution is -2.52. The molecule has 0 spiro atoms. The van der Waals surface area contributed by atoms with Crippen molar-refractivity contribution in [3.05, 3.63) is 36.5 Å². The minimum absolute atomic E-state index is 0.0273. The van der Waals surface area contributed by atoms with Crippen molar-refractivity contribution in [3.63, 3.8) is 0 Å². The first-order valence-electron chi connectivity index (χ1n) is 8.54. The average Bonchev–Trinajstić information content (AvgIpc) is 3.12. The molecule has 0 saturated heterocycles. The van der Waals surface area contributed by atoms with Crippen LogP contribution in [0, 0.1) is 0 Å². The van der Waals surface area contributed by atoms with E-state index in [-0.39, 0.29) is 10.2 Å². The largest absolute Gasteiger partial charge is 0.497 e. The van der Waals surface area contributed by atoms with Crippen LogP contribution in [0.4, 0.5) is 17.6 Å². The summed E-state index contributed by atoms with van der Waals surface area (Å²) in [5, 5.41) is 13.4. The Kier molecular flexibility index (Phi) is 6.56. The van der Waals surface area contributed by atoms with E-state index in [1.807, 2.05) is 0 Å². The number of hydrogen-bond acceptors (Lipinski definition) is 7. The van der Waals surface area contributed by atoms with Crippen molar-refractivity contribution >= 4 is 23.4 Å². The van der Waals surface area contributed by atoms with E-state index < -0.39 is 42.4 Å². The molecule has 1 aromatic carbocycles. The molecule has 3 rings (SSSR count). The second kappa shape index (κ2) is 8.96. The fourth-order valence-corrected chi connectivity index (χ4v) is 3.35. The van der Waals surface area contributed by atoms with Gasteiger partial charge in [0.2, 0.25) is 5.72 Å². The normalized spacial score (nSPS) is 18.8. The van der Waals surface area contributed by atoms with Gasteiger partial charge in [0.1, 0.15) is 11.5 Å². The molecule has 1 amide bonds. The molecule has 0 saturated carbocycles. The molecule has 30 heavy (non-hydrogen) atoms. The zero-order valence-electron chi connectivity index (χ0n) is 15.5. The number of carbonyl (C=O) groups is 1. The van der Waals surface area contributed by atoms with Gasteiger partial charge in [0, 0.05) is 18.2 Å². The number of ether oxygens (including phenoxy) is 1. The van der Waals surface area contributed by atoms with Gasteiger partial charge in [-0.2, -0.15) is 10.1 Å². The molecule has 2 heterocycles. The smallest absolute Gasteiger partial charge is 0.287 e. The first kappa shape index (κ1) is 22.0. The quantitative estimate of drug-likeness (QED) is 0.401. The zero-order valence-corrected chi connectivity index (χ0v) is 16.3. The molecule has 2 aromatic rings. The van der Waals surface area contributed by atoms with Gasteiger partial charge in [0.05, 0.1) is 18.6 Å². The number of nitrogens with zero attached hydrogens (tertiary/aromatic N) is 4. The van der Waals surface area contributed by atoms with Crippen molar-refractivity contribution in [2.45, 2.75) is 30.2 Å². The van der Waals surface area contributed by atoms with Crippen LogP contribution in [0.15, 0.2) is 46.8 Å². The molecule has 1 atom stereocenters. The van der Waals surface area contributed by atoms with E-state index in [1.54, 1.807) is 30.3 Å². The highest BCUT2D eigenvalue weighted by Crippen LogP contribution is 2.34. The van der Waals surface area contributed by atoms with Gasteiger partial charge in [0.15, 0.2) is 5.16 Å². The molecule has 0 unspecified atom stereocenters. The van der Waals surface area contributed by atoms with Crippen LogP contribution in [0.2, 0.25) is 0 Å². The van der Waals surface area contributed by atoms with Gasteiger partial charge in [-0.05, 0) is 30.3 Å². The third kappa shape index (κ3) is 4.54. The second-order valence-corrected chi connectivity index (χ2v) is 7.14. The Morgan fingerprint density at radius 1 is 1.27 bits per heavy atom. The summed E-state index contributed by atoms with van der Waals surface area (Å²) in [7, 11) is 1.54. The van der Waals surface area contributed by atoms with Crippen molar-refractivity contribution in [3.8, 4) is 17.0 Å². The van der Waals surface area contributed by atoms with Crippen LogP contribution in [0.5, 0.6) is 5.75 Å². The standard InChI is InChI=1S/C18H16F4N4O3S/c1-29-11-4-2-10(3-5-11)12-6-7-23-17(24-12)30-9-14(27)26-18(28,16(21)22)8-13(25-26)15(19)20/h2-7,15-16,28H,8-9H2,1H3/t18-/m1/s1. The zero-order chi connectivity index (χ0) is 21.9. The third-order valence-corrected chi connectivity index (χ3v) is 5.06. The van der Waals surface area contributed by atoms with E-state index in [2.05, 4.69) is 15.1 Å². The first-order chi connectivity index (χ1) is 14.2. The number of rotatable bonds is 7. The molecule has 0 aliphatic carbocycles. The maximum absolute atomic E-state index is 13.2. The summed E-state index contributed by atoms with van der Waals surface area (Å²) in [6, 6.07) is 8.67. The highest BCUT2D eigenvalue weighted by Gasteiger charge is 2.53. The number of alkyl halides is 4. The van der Waals surface area contributed by atoms with Gasteiger partial charge >= 0.3 is 0 Å². The second-order valence-electron chi connectivity index (χ2n) is 6.20. The number of carbonyl (C=O) groups excluding carboxylic acids is 1. The van der Waals surface area contributed by atoms with Gasteiger partial charge in [-0.1, -0.05) is 11.8 Å². The molecular weight excluding hydrogens is 428 g/mol. The van der Waals surface area contributed by atoms with E-state index in [0.717, 1.165) is 17.3 Å². The Labute approximate surface area is 172 Å². The van der Waals surface area contributed by atoms with E-state index >= 15 is 0 Å². The topological polar surface area (TPSA) is 87.9 Å². The van der Waals surface area contributed by atoms with Crippen molar-refractivity contribution in [1.82, 2.24) is 15.0 Å². The van der Waals surface area contributed by atoms with Gasteiger partial charge in [-0.15, -0.1) is 0 Å².